The molecule has 0 amide bonds. The summed E-state index contributed by atoms with van der Waals surface area (Å²) in [6.07, 6.45) is 1.76. The van der Waals surface area contributed by atoms with E-state index in [0.717, 1.165) is 43.3 Å². The first-order valence-corrected chi connectivity index (χ1v) is 8.97. The van der Waals surface area contributed by atoms with Crippen molar-refractivity contribution < 1.29 is 35.7 Å². The van der Waals surface area contributed by atoms with Gasteiger partial charge in [-0.1, -0.05) is 6.92 Å². The lowest BCUT2D eigenvalue weighted by atomic mass is 10.3. The minimum Gasteiger partial charge on any atom is -0.741 e. The van der Waals surface area contributed by atoms with Crippen molar-refractivity contribution in [3.8, 4) is 0 Å². The van der Waals surface area contributed by atoms with Crippen LogP contribution in [0.3, 0.4) is 0 Å². The second-order valence-corrected chi connectivity index (χ2v) is 7.67. The van der Waals surface area contributed by atoms with Crippen LogP contribution in [-0.4, -0.2) is 54.7 Å². The third-order valence-electron chi connectivity index (χ3n) is 2.21. The van der Waals surface area contributed by atoms with Gasteiger partial charge < -0.3 is 9.29 Å². The summed E-state index contributed by atoms with van der Waals surface area (Å²) in [5.41, 5.74) is -5.65. The van der Waals surface area contributed by atoms with Crippen LogP contribution in [0.4, 0.5) is 13.2 Å². The molecule has 10 heteroatoms. The van der Waals surface area contributed by atoms with Crippen molar-refractivity contribution in [3.63, 3.8) is 0 Å². The molecule has 20 heavy (non-hydrogen) atoms. The van der Waals surface area contributed by atoms with Gasteiger partial charge in [-0.3, -0.25) is 4.79 Å². The Hall–Kier alpha value is -0.320. The molecule has 0 unspecified atom stereocenters. The van der Waals surface area contributed by atoms with Crippen molar-refractivity contribution in [3.05, 3.63) is 0 Å². The number of ketones is 1. The summed E-state index contributed by atoms with van der Waals surface area (Å²) in [6, 6.07) is 0. The van der Waals surface area contributed by atoms with Crippen LogP contribution in [-0.2, 0) is 30.5 Å². The lowest BCUT2D eigenvalue weighted by molar-refractivity contribution is -0.116. The molecule has 1 rings (SSSR count). The van der Waals surface area contributed by atoms with E-state index in [9.17, 15) is 18.0 Å². The van der Waals surface area contributed by atoms with Gasteiger partial charge in [0.25, 0.3) is 0 Å². The fraction of sp³-hybridized carbons (Fsp3) is 0.900. The third kappa shape index (κ3) is 8.77. The molecule has 0 spiro atoms. The molecule has 120 valence electrons. The van der Waals surface area contributed by atoms with E-state index in [1.54, 1.807) is 0 Å². The minimum absolute atomic E-state index is 0.349. The topological polar surface area (TPSA) is 83.5 Å². The molecule has 0 aliphatic carbocycles. The van der Waals surface area contributed by atoms with E-state index >= 15 is 0 Å². The van der Waals surface area contributed by atoms with Crippen molar-refractivity contribution >= 4 is 26.8 Å². The largest absolute Gasteiger partial charge is 0.741 e. The van der Waals surface area contributed by atoms with Crippen molar-refractivity contribution in [1.29, 1.82) is 0 Å². The normalized spacial score (nSPS) is 17.2. The van der Waals surface area contributed by atoms with Gasteiger partial charge in [0.1, 0.15) is 11.5 Å². The highest BCUT2D eigenvalue weighted by Crippen LogP contribution is 2.20. The SMILES string of the molecule is CCCC(=O)C[S+]1CCOCC1.O=S(=O)([O-])C(F)(F)F. The van der Waals surface area contributed by atoms with E-state index in [-0.39, 0.29) is 0 Å². The standard InChI is InChI=1S/C9H17O2S.CHF3O3S/c1-2-3-9(10)8-12-6-4-11-5-7-12;2-1(3,4)8(5,6)7/h2-8H2,1H3;(H,5,6,7)/q+1;/p-1. The van der Waals surface area contributed by atoms with E-state index < -0.39 is 15.6 Å². The minimum atomic E-state index is -6.09. The van der Waals surface area contributed by atoms with Crippen molar-refractivity contribution in [1.82, 2.24) is 0 Å². The predicted molar refractivity (Wildman–Crippen MR) is 68.5 cm³/mol. The Morgan fingerprint density at radius 2 is 1.75 bits per heavy atom. The van der Waals surface area contributed by atoms with Crippen LogP contribution in [0.1, 0.15) is 19.8 Å². The van der Waals surface area contributed by atoms with Gasteiger partial charge in [0, 0.05) is 6.42 Å². The van der Waals surface area contributed by atoms with Gasteiger partial charge in [-0.15, -0.1) is 0 Å². The summed E-state index contributed by atoms with van der Waals surface area (Å²) in [7, 11) is -5.74. The summed E-state index contributed by atoms with van der Waals surface area (Å²) >= 11 is 0. The summed E-state index contributed by atoms with van der Waals surface area (Å²) < 4.78 is 64.1. The van der Waals surface area contributed by atoms with Crippen LogP contribution in [0.15, 0.2) is 0 Å². The number of alkyl halides is 3. The number of carbonyl (C=O) groups is 1. The highest BCUT2D eigenvalue weighted by atomic mass is 32.2. The second-order valence-electron chi connectivity index (χ2n) is 3.97. The Balaban J connectivity index is 0.000000396. The number of halogens is 3. The molecule has 0 aromatic heterocycles. The summed E-state index contributed by atoms with van der Waals surface area (Å²) in [5.74, 6) is 3.48. The van der Waals surface area contributed by atoms with Gasteiger partial charge >= 0.3 is 5.51 Å². The Labute approximate surface area is 119 Å². The van der Waals surface area contributed by atoms with Crippen molar-refractivity contribution in [2.24, 2.45) is 0 Å². The van der Waals surface area contributed by atoms with Crippen LogP contribution in [0.5, 0.6) is 0 Å². The third-order valence-corrected chi connectivity index (χ3v) is 5.00. The highest BCUT2D eigenvalue weighted by molar-refractivity contribution is 7.97. The van der Waals surface area contributed by atoms with Gasteiger partial charge in [-0.25, -0.2) is 8.42 Å². The van der Waals surface area contributed by atoms with Crippen LogP contribution < -0.4 is 0 Å². The molecule has 0 saturated carbocycles. The molecule has 0 N–H and O–H groups in total. The maximum absolute atomic E-state index is 11.3. The first kappa shape index (κ1) is 19.7. The van der Waals surface area contributed by atoms with E-state index in [4.69, 9.17) is 17.7 Å². The molecule has 5 nitrogen and oxygen atoms in total. The van der Waals surface area contributed by atoms with E-state index in [1.807, 2.05) is 0 Å². The molecule has 1 heterocycles. The monoisotopic (exact) mass is 338 g/mol. The smallest absolute Gasteiger partial charge is 0.485 e. The van der Waals surface area contributed by atoms with Crippen LogP contribution in [0, 0.1) is 0 Å². The molecule has 1 aliphatic heterocycles. The molecule has 0 radical (unpaired) electrons. The number of carbonyl (C=O) groups excluding carboxylic acids is 1. The quantitative estimate of drug-likeness (QED) is 0.435. The first-order valence-electron chi connectivity index (χ1n) is 5.83. The Morgan fingerprint density at radius 3 is 2.10 bits per heavy atom. The highest BCUT2D eigenvalue weighted by Gasteiger charge is 2.36. The van der Waals surface area contributed by atoms with Gasteiger partial charge in [-0.2, -0.15) is 13.2 Å². The van der Waals surface area contributed by atoms with Crippen molar-refractivity contribution in [2.45, 2.75) is 25.3 Å². The zero-order valence-electron chi connectivity index (χ0n) is 10.9. The maximum Gasteiger partial charge on any atom is 0.485 e. The molecule has 1 saturated heterocycles. The molecule has 1 aliphatic rings. The fourth-order valence-electron chi connectivity index (χ4n) is 1.28. The van der Waals surface area contributed by atoms with Crippen molar-refractivity contribution in [2.75, 3.05) is 30.5 Å². The van der Waals surface area contributed by atoms with Crippen LogP contribution in [0.25, 0.3) is 0 Å². The first-order chi connectivity index (χ1) is 9.08. The van der Waals surface area contributed by atoms with Crippen LogP contribution >= 0.6 is 0 Å². The average molecular weight is 338 g/mol. The average Bonchev–Trinajstić information content (AvgIpc) is 2.28. The van der Waals surface area contributed by atoms with Crippen LogP contribution in [0.2, 0.25) is 0 Å². The number of hydrogen-bond donors (Lipinski definition) is 0. The number of hydrogen-bond acceptors (Lipinski definition) is 5. The van der Waals surface area contributed by atoms with Gasteiger partial charge in [-0.05, 0) is 17.3 Å². The van der Waals surface area contributed by atoms with E-state index in [0.29, 0.717) is 16.7 Å². The van der Waals surface area contributed by atoms with E-state index in [2.05, 4.69) is 6.92 Å². The molecule has 0 bridgehead atoms. The Kier molecular flexibility index (Phi) is 8.71. The lowest BCUT2D eigenvalue weighted by Crippen LogP contribution is -2.31. The summed E-state index contributed by atoms with van der Waals surface area (Å²) in [4.78, 5) is 11.3. The number of Topliss-reactive ketones (excluding diaryl/α,β-unsaturated/α-hetero) is 1. The van der Waals surface area contributed by atoms with E-state index in [1.165, 1.54) is 0 Å². The zero-order chi connectivity index (χ0) is 15.8. The maximum atomic E-state index is 11.3. The molecular weight excluding hydrogens is 321 g/mol. The molecular formula is C10H17F3O5S2. The second kappa shape index (κ2) is 8.85. The van der Waals surface area contributed by atoms with Gasteiger partial charge in [0.2, 0.25) is 0 Å². The molecule has 0 aromatic rings. The predicted octanol–water partition coefficient (Wildman–Crippen LogP) is 1.06. The molecule has 0 aromatic carbocycles. The summed E-state index contributed by atoms with van der Waals surface area (Å²) in [6.45, 7) is 3.79. The number of ether oxygens (including phenoxy) is 1. The van der Waals surface area contributed by atoms with Gasteiger partial charge in [0.15, 0.2) is 21.7 Å². The zero-order valence-corrected chi connectivity index (χ0v) is 12.6. The Morgan fingerprint density at radius 1 is 1.30 bits per heavy atom. The number of rotatable bonds is 4. The summed E-state index contributed by atoms with van der Waals surface area (Å²) in [5, 5.41) is 0. The Bertz CT molecular complexity index is 388. The van der Waals surface area contributed by atoms with Gasteiger partial charge in [0.05, 0.1) is 13.2 Å². The molecule has 0 atom stereocenters. The molecule has 1 fully saturated rings. The lowest BCUT2D eigenvalue weighted by Gasteiger charge is -2.13. The fourth-order valence-corrected chi connectivity index (χ4v) is 3.08.